The molecule has 2 aliphatic heterocycles. The van der Waals surface area contributed by atoms with Crippen LogP contribution in [0.5, 0.6) is 0 Å². The number of amides is 1. The molecule has 2 aliphatic rings. The highest BCUT2D eigenvalue weighted by molar-refractivity contribution is 7.11. The fourth-order valence-corrected chi connectivity index (χ4v) is 4.97. The number of rotatable bonds is 4. The lowest BCUT2D eigenvalue weighted by molar-refractivity contribution is 0.0924. The molecule has 4 rings (SSSR count). The van der Waals surface area contributed by atoms with Gasteiger partial charge in [-0.25, -0.2) is 0 Å². The summed E-state index contributed by atoms with van der Waals surface area (Å²) in [6, 6.07) is 4.54. The van der Waals surface area contributed by atoms with Gasteiger partial charge >= 0.3 is 0 Å². The molecule has 0 aliphatic carbocycles. The molecule has 1 saturated heterocycles. The maximum atomic E-state index is 12.3. The van der Waals surface area contributed by atoms with Crippen molar-refractivity contribution in [1.82, 2.24) is 25.0 Å². The Morgan fingerprint density at radius 2 is 2.08 bits per heavy atom. The van der Waals surface area contributed by atoms with Crippen molar-refractivity contribution in [1.29, 1.82) is 0 Å². The molecule has 1 N–H and O–H groups in total. The van der Waals surface area contributed by atoms with Crippen molar-refractivity contribution < 1.29 is 4.79 Å². The average Bonchev–Trinajstić information content (AvgIpc) is 3.22. The van der Waals surface area contributed by atoms with Gasteiger partial charge in [-0.2, -0.15) is 0 Å². The van der Waals surface area contributed by atoms with Crippen molar-refractivity contribution in [3.8, 4) is 0 Å². The van der Waals surface area contributed by atoms with E-state index in [0.717, 1.165) is 38.4 Å². The number of carbonyl (C=O) groups is 1. The standard InChI is InChI=1S/C18H25N5OS/c1-11(2)19-18(24)17-21-20-16-6-13-7-22(8-14(13)9-23(16)17)10-15-5-4-12(3)25-15/h4-5,11,13-14H,6-10H2,1-3H3,(H,19,24)/t13-,14+/m0/s1. The molecule has 0 radical (unpaired) electrons. The van der Waals surface area contributed by atoms with Crippen LogP contribution in [-0.4, -0.2) is 44.7 Å². The molecule has 7 heteroatoms. The summed E-state index contributed by atoms with van der Waals surface area (Å²) in [4.78, 5) is 17.7. The van der Waals surface area contributed by atoms with Gasteiger partial charge in [-0.15, -0.1) is 21.5 Å². The molecule has 2 atom stereocenters. The van der Waals surface area contributed by atoms with Crippen LogP contribution >= 0.6 is 11.3 Å². The van der Waals surface area contributed by atoms with E-state index < -0.39 is 0 Å². The fraction of sp³-hybridized carbons (Fsp3) is 0.611. The zero-order valence-corrected chi connectivity index (χ0v) is 15.8. The number of carbonyl (C=O) groups excluding carboxylic acids is 1. The normalized spacial score (nSPS) is 22.9. The Morgan fingerprint density at radius 1 is 1.28 bits per heavy atom. The van der Waals surface area contributed by atoms with E-state index in [0.29, 0.717) is 17.7 Å². The molecular formula is C18H25N5OS. The van der Waals surface area contributed by atoms with Crippen LogP contribution in [0.3, 0.4) is 0 Å². The molecule has 25 heavy (non-hydrogen) atoms. The zero-order chi connectivity index (χ0) is 17.6. The minimum atomic E-state index is -0.115. The highest BCUT2D eigenvalue weighted by Crippen LogP contribution is 2.33. The maximum absolute atomic E-state index is 12.3. The van der Waals surface area contributed by atoms with Crippen molar-refractivity contribution >= 4 is 17.2 Å². The molecule has 2 aromatic rings. The Morgan fingerprint density at radius 3 is 2.80 bits per heavy atom. The molecule has 4 heterocycles. The van der Waals surface area contributed by atoms with Crippen molar-refractivity contribution in [2.75, 3.05) is 13.1 Å². The van der Waals surface area contributed by atoms with Gasteiger partial charge in [0, 0.05) is 48.4 Å². The summed E-state index contributed by atoms with van der Waals surface area (Å²) in [5.41, 5.74) is 0. The Hall–Kier alpha value is -1.73. The Kier molecular flexibility index (Phi) is 4.37. The van der Waals surface area contributed by atoms with E-state index in [1.54, 1.807) is 0 Å². The predicted molar refractivity (Wildman–Crippen MR) is 97.6 cm³/mol. The number of hydrogen-bond donors (Lipinski definition) is 1. The maximum Gasteiger partial charge on any atom is 0.289 e. The summed E-state index contributed by atoms with van der Waals surface area (Å²) in [7, 11) is 0. The van der Waals surface area contributed by atoms with Gasteiger partial charge in [0.1, 0.15) is 5.82 Å². The number of nitrogens with zero attached hydrogens (tertiary/aromatic N) is 4. The van der Waals surface area contributed by atoms with Crippen molar-refractivity contribution in [2.24, 2.45) is 11.8 Å². The van der Waals surface area contributed by atoms with Crippen LogP contribution in [0.1, 0.15) is 40.0 Å². The molecule has 0 aromatic carbocycles. The summed E-state index contributed by atoms with van der Waals surface area (Å²) in [5, 5.41) is 11.4. The number of thiophene rings is 1. The van der Waals surface area contributed by atoms with Crippen LogP contribution in [0.2, 0.25) is 0 Å². The van der Waals surface area contributed by atoms with Crippen LogP contribution in [0.15, 0.2) is 12.1 Å². The first-order valence-electron chi connectivity index (χ1n) is 9.00. The second-order valence-corrected chi connectivity index (χ2v) is 8.98. The van der Waals surface area contributed by atoms with E-state index in [9.17, 15) is 4.79 Å². The molecule has 1 amide bonds. The van der Waals surface area contributed by atoms with Gasteiger partial charge < -0.3 is 9.88 Å². The van der Waals surface area contributed by atoms with E-state index in [-0.39, 0.29) is 11.9 Å². The summed E-state index contributed by atoms with van der Waals surface area (Å²) in [6.45, 7) is 10.2. The lowest BCUT2D eigenvalue weighted by Crippen LogP contribution is -2.35. The van der Waals surface area contributed by atoms with E-state index in [1.807, 2.05) is 29.8 Å². The van der Waals surface area contributed by atoms with E-state index >= 15 is 0 Å². The molecule has 0 saturated carbocycles. The average molecular weight is 359 g/mol. The number of likely N-dealkylation sites (tertiary alicyclic amines) is 1. The van der Waals surface area contributed by atoms with E-state index in [2.05, 4.69) is 39.5 Å². The van der Waals surface area contributed by atoms with Gasteiger partial charge in [-0.1, -0.05) is 0 Å². The number of aromatic nitrogens is 3. The minimum Gasteiger partial charge on any atom is -0.347 e. The highest BCUT2D eigenvalue weighted by atomic mass is 32.1. The summed E-state index contributed by atoms with van der Waals surface area (Å²) in [6.07, 6.45) is 0.923. The van der Waals surface area contributed by atoms with Gasteiger partial charge in [0.15, 0.2) is 0 Å². The van der Waals surface area contributed by atoms with Gasteiger partial charge in [-0.3, -0.25) is 9.69 Å². The largest absolute Gasteiger partial charge is 0.347 e. The number of fused-ring (bicyclic) bond motifs is 2. The number of nitrogens with one attached hydrogen (secondary N) is 1. The zero-order valence-electron chi connectivity index (χ0n) is 15.0. The minimum absolute atomic E-state index is 0.105. The molecule has 0 bridgehead atoms. The molecule has 134 valence electrons. The monoisotopic (exact) mass is 359 g/mol. The summed E-state index contributed by atoms with van der Waals surface area (Å²) < 4.78 is 2.04. The van der Waals surface area contributed by atoms with Crippen molar-refractivity contribution in [3.05, 3.63) is 33.5 Å². The van der Waals surface area contributed by atoms with Crippen molar-refractivity contribution in [2.45, 2.75) is 46.3 Å². The first-order valence-corrected chi connectivity index (χ1v) is 9.82. The van der Waals surface area contributed by atoms with Crippen LogP contribution in [0.25, 0.3) is 0 Å². The van der Waals surface area contributed by atoms with Crippen LogP contribution in [0, 0.1) is 18.8 Å². The first-order chi connectivity index (χ1) is 12.0. The third-order valence-corrected chi connectivity index (χ3v) is 6.13. The number of hydrogen-bond acceptors (Lipinski definition) is 5. The Labute approximate surface area is 152 Å². The fourth-order valence-electron chi connectivity index (χ4n) is 4.04. The van der Waals surface area contributed by atoms with E-state index in [4.69, 9.17) is 0 Å². The smallest absolute Gasteiger partial charge is 0.289 e. The van der Waals surface area contributed by atoms with E-state index in [1.165, 1.54) is 9.75 Å². The second-order valence-electron chi connectivity index (χ2n) is 7.61. The van der Waals surface area contributed by atoms with Gasteiger partial charge in [0.2, 0.25) is 5.82 Å². The lowest BCUT2D eigenvalue weighted by Gasteiger charge is -2.25. The van der Waals surface area contributed by atoms with Crippen LogP contribution in [0.4, 0.5) is 0 Å². The molecule has 2 aromatic heterocycles. The number of aryl methyl sites for hydroxylation is 1. The molecule has 1 fully saturated rings. The summed E-state index contributed by atoms with van der Waals surface area (Å²) >= 11 is 1.89. The third-order valence-electron chi connectivity index (χ3n) is 5.14. The second kappa shape index (κ2) is 6.53. The Balaban J connectivity index is 1.45. The van der Waals surface area contributed by atoms with Gasteiger partial charge in [-0.05, 0) is 44.7 Å². The highest BCUT2D eigenvalue weighted by Gasteiger charge is 2.39. The molecule has 0 spiro atoms. The van der Waals surface area contributed by atoms with Crippen LogP contribution < -0.4 is 5.32 Å². The SMILES string of the molecule is Cc1ccc(CN2C[C@@H]3Cn4c(nnc4C(=O)NC(C)C)C[C@H]3C2)s1. The first kappa shape index (κ1) is 16.7. The topological polar surface area (TPSA) is 63.1 Å². The lowest BCUT2D eigenvalue weighted by atomic mass is 9.89. The van der Waals surface area contributed by atoms with Gasteiger partial charge in [0.05, 0.1) is 0 Å². The Bertz CT molecular complexity index is 780. The van der Waals surface area contributed by atoms with Crippen molar-refractivity contribution in [3.63, 3.8) is 0 Å². The quantitative estimate of drug-likeness (QED) is 0.908. The molecule has 0 unspecified atom stereocenters. The summed E-state index contributed by atoms with van der Waals surface area (Å²) in [5.74, 6) is 2.52. The van der Waals surface area contributed by atoms with Gasteiger partial charge in [0.25, 0.3) is 5.91 Å². The van der Waals surface area contributed by atoms with Crippen LogP contribution in [-0.2, 0) is 19.5 Å². The molecule has 6 nitrogen and oxygen atoms in total. The molecular weight excluding hydrogens is 334 g/mol. The third kappa shape index (κ3) is 3.35. The predicted octanol–water partition coefficient (Wildman–Crippen LogP) is 2.09.